The van der Waals surface area contributed by atoms with E-state index in [1.54, 1.807) is 32.0 Å². The molecule has 2 aromatic carbocycles. The van der Waals surface area contributed by atoms with Gasteiger partial charge in [-0.25, -0.2) is 18.3 Å². The molecule has 2 aromatic heterocycles. The van der Waals surface area contributed by atoms with E-state index in [1.165, 1.54) is 36.1 Å². The zero-order valence-electron chi connectivity index (χ0n) is 24.0. The maximum atomic E-state index is 15.3. The third-order valence-electron chi connectivity index (χ3n) is 7.38. The van der Waals surface area contributed by atoms with Crippen LogP contribution in [0, 0.1) is 24.5 Å². The summed E-state index contributed by atoms with van der Waals surface area (Å²) >= 11 is 5.92. The molecule has 1 aliphatic heterocycles. The molecule has 11 nitrogen and oxygen atoms in total. The molecule has 1 aliphatic rings. The van der Waals surface area contributed by atoms with Gasteiger partial charge in [0.25, 0.3) is 5.91 Å². The van der Waals surface area contributed by atoms with E-state index in [-0.39, 0.29) is 39.3 Å². The Balaban J connectivity index is 1.51. The van der Waals surface area contributed by atoms with Crippen LogP contribution in [0.25, 0.3) is 16.8 Å². The lowest BCUT2D eigenvalue weighted by atomic mass is 9.95. The number of rotatable bonds is 4. The number of fused-ring (bicyclic) bond motifs is 4. The molecule has 2 atom stereocenters. The van der Waals surface area contributed by atoms with Gasteiger partial charge in [0.1, 0.15) is 11.5 Å². The number of ether oxygens (including phenoxy) is 1. The van der Waals surface area contributed by atoms with Crippen LogP contribution in [-0.4, -0.2) is 45.0 Å². The topological polar surface area (TPSA) is 140 Å². The summed E-state index contributed by atoms with van der Waals surface area (Å²) in [6, 6.07) is 9.85. The monoisotopic (exact) mass is 623 g/mol. The smallest absolute Gasteiger partial charge is 0.411 e. The molecule has 4 aromatic rings. The van der Waals surface area contributed by atoms with Crippen LogP contribution in [0.2, 0.25) is 5.02 Å². The number of methoxy groups -OCH3 is 1. The van der Waals surface area contributed by atoms with Gasteiger partial charge < -0.3 is 15.4 Å². The van der Waals surface area contributed by atoms with Crippen molar-refractivity contribution >= 4 is 40.9 Å². The average Bonchev–Trinajstić information content (AvgIpc) is 3.38. The second kappa shape index (κ2) is 12.8. The molecule has 0 fully saturated rings. The van der Waals surface area contributed by atoms with Crippen molar-refractivity contribution in [3.8, 4) is 16.8 Å². The minimum atomic E-state index is -0.707. The number of anilines is 2. The summed E-state index contributed by atoms with van der Waals surface area (Å²) in [6.45, 7) is 3.34. The predicted octanol–water partition coefficient (Wildman–Crippen LogP) is 5.98. The Morgan fingerprint density at radius 2 is 1.93 bits per heavy atom. The number of amides is 3. The number of hydrogen-bond donors (Lipinski definition) is 3. The van der Waals surface area contributed by atoms with Crippen LogP contribution >= 0.6 is 11.6 Å². The highest BCUT2D eigenvalue weighted by molar-refractivity contribution is 6.30. The molecule has 0 saturated carbocycles. The van der Waals surface area contributed by atoms with Crippen molar-refractivity contribution in [2.75, 3.05) is 17.7 Å². The Kier molecular flexibility index (Phi) is 8.86. The van der Waals surface area contributed by atoms with Crippen LogP contribution in [-0.2, 0) is 9.53 Å². The van der Waals surface area contributed by atoms with E-state index in [4.69, 9.17) is 11.6 Å². The van der Waals surface area contributed by atoms with Crippen LogP contribution in [0.3, 0.4) is 0 Å². The maximum absolute atomic E-state index is 15.3. The van der Waals surface area contributed by atoms with Crippen molar-refractivity contribution in [1.82, 2.24) is 25.3 Å². The molecule has 3 N–H and O–H groups in total. The number of carbonyl (C=O) groups excluding carboxylic acids is 3. The second-order valence-electron chi connectivity index (χ2n) is 10.3. The Morgan fingerprint density at radius 1 is 1.14 bits per heavy atom. The van der Waals surface area contributed by atoms with E-state index in [2.05, 4.69) is 36.0 Å². The molecule has 14 heteroatoms. The summed E-state index contributed by atoms with van der Waals surface area (Å²) < 4.78 is 35.8. The summed E-state index contributed by atoms with van der Waals surface area (Å²) in [7, 11) is 1.22. The molecule has 0 spiro atoms. The molecule has 228 valence electrons. The highest BCUT2D eigenvalue weighted by atomic mass is 35.5. The van der Waals surface area contributed by atoms with Crippen LogP contribution < -0.4 is 16.0 Å². The minimum absolute atomic E-state index is 0.0354. The van der Waals surface area contributed by atoms with Gasteiger partial charge in [0.05, 0.1) is 41.4 Å². The van der Waals surface area contributed by atoms with Gasteiger partial charge in [0.15, 0.2) is 11.5 Å². The lowest BCUT2D eigenvalue weighted by Crippen LogP contribution is -2.30. The maximum Gasteiger partial charge on any atom is 0.411 e. The van der Waals surface area contributed by atoms with E-state index >= 15 is 4.39 Å². The number of carbonyl (C=O) groups is 3. The van der Waals surface area contributed by atoms with E-state index in [0.29, 0.717) is 36.2 Å². The molecule has 2 bridgehead atoms. The lowest BCUT2D eigenvalue weighted by molar-refractivity contribution is -0.119. The first-order valence-corrected chi connectivity index (χ1v) is 14.1. The fraction of sp³-hybridized carbons (Fsp3) is 0.267. The molecule has 2 unspecified atom stereocenters. The van der Waals surface area contributed by atoms with Crippen LogP contribution in [0.5, 0.6) is 0 Å². The fourth-order valence-corrected chi connectivity index (χ4v) is 5.11. The summed E-state index contributed by atoms with van der Waals surface area (Å²) in [4.78, 5) is 42.6. The lowest BCUT2D eigenvalue weighted by Gasteiger charge is -2.22. The first-order valence-electron chi connectivity index (χ1n) is 13.7. The zero-order valence-corrected chi connectivity index (χ0v) is 24.7. The van der Waals surface area contributed by atoms with E-state index in [0.717, 1.165) is 6.20 Å². The number of benzene rings is 2. The summed E-state index contributed by atoms with van der Waals surface area (Å²) in [5.41, 5.74) is 1.72. The molecule has 5 rings (SSSR count). The van der Waals surface area contributed by atoms with Crippen molar-refractivity contribution in [3.05, 3.63) is 82.4 Å². The Labute approximate surface area is 256 Å². The van der Waals surface area contributed by atoms with Crippen LogP contribution in [0.1, 0.15) is 54.1 Å². The standard InChI is InChI=1S/C30H28ClF2N7O4/c1-15-6-4-8-22(36-29(42)27-16(2)40(39-38-27)25-9-5-7-20(31)26(25)33)24-13-19(21(32)14-34-24)18-11-10-17(35-30(43)44-3)12-23(18)37-28(15)41/h5,7,9-15,22H,4,6,8H2,1-3H3,(H,35,43)(H,36,42)(H,37,41). The summed E-state index contributed by atoms with van der Waals surface area (Å²) in [5, 5.41) is 16.1. The number of aromatic nitrogens is 4. The van der Waals surface area contributed by atoms with E-state index in [9.17, 15) is 18.8 Å². The second-order valence-corrected chi connectivity index (χ2v) is 10.7. The zero-order chi connectivity index (χ0) is 31.5. The van der Waals surface area contributed by atoms with Crippen molar-refractivity contribution in [2.45, 2.75) is 39.2 Å². The highest BCUT2D eigenvalue weighted by Gasteiger charge is 2.26. The molecule has 0 aliphatic carbocycles. The van der Waals surface area contributed by atoms with Gasteiger partial charge in [0, 0.05) is 22.7 Å². The van der Waals surface area contributed by atoms with Crippen molar-refractivity contribution in [2.24, 2.45) is 5.92 Å². The first kappa shape index (κ1) is 30.5. The average molecular weight is 624 g/mol. The van der Waals surface area contributed by atoms with Gasteiger partial charge in [-0.05, 0) is 50.1 Å². The first-order chi connectivity index (χ1) is 21.1. The third kappa shape index (κ3) is 6.23. The Hall–Kier alpha value is -4.91. The van der Waals surface area contributed by atoms with Gasteiger partial charge in [0.2, 0.25) is 5.91 Å². The molecule has 3 heterocycles. The number of nitrogens with zero attached hydrogens (tertiary/aromatic N) is 4. The predicted molar refractivity (Wildman–Crippen MR) is 159 cm³/mol. The quantitative estimate of drug-likeness (QED) is 0.254. The van der Waals surface area contributed by atoms with Crippen molar-refractivity contribution < 1.29 is 27.9 Å². The third-order valence-corrected chi connectivity index (χ3v) is 7.68. The highest BCUT2D eigenvalue weighted by Crippen LogP contribution is 2.35. The fourth-order valence-electron chi connectivity index (χ4n) is 4.94. The normalized spacial score (nSPS) is 16.5. The van der Waals surface area contributed by atoms with Gasteiger partial charge >= 0.3 is 6.09 Å². The molecular formula is C30H28ClF2N7O4. The summed E-state index contributed by atoms with van der Waals surface area (Å²) in [5.74, 6) is -2.68. The molecule has 44 heavy (non-hydrogen) atoms. The number of halogens is 3. The van der Waals surface area contributed by atoms with Crippen LogP contribution in [0.15, 0.2) is 48.7 Å². The van der Waals surface area contributed by atoms with E-state index < -0.39 is 35.6 Å². The van der Waals surface area contributed by atoms with Gasteiger partial charge in [-0.3, -0.25) is 19.9 Å². The number of hydrogen-bond acceptors (Lipinski definition) is 7. The summed E-state index contributed by atoms with van der Waals surface area (Å²) in [6.07, 6.45) is 1.72. The van der Waals surface area contributed by atoms with Crippen molar-refractivity contribution in [3.63, 3.8) is 0 Å². The molecule has 0 radical (unpaired) electrons. The molecule has 0 saturated heterocycles. The molecule has 3 amide bonds. The van der Waals surface area contributed by atoms with E-state index in [1.807, 2.05) is 0 Å². The largest absolute Gasteiger partial charge is 0.453 e. The minimum Gasteiger partial charge on any atom is -0.453 e. The van der Waals surface area contributed by atoms with Crippen molar-refractivity contribution in [1.29, 1.82) is 0 Å². The SMILES string of the molecule is COC(=O)Nc1ccc2c(c1)NC(=O)C(C)CCCC(NC(=O)c1nnn(-c3cccc(Cl)c3F)c1C)c1cc-2c(F)cn1. The van der Waals surface area contributed by atoms with Gasteiger partial charge in [-0.2, -0.15) is 0 Å². The van der Waals surface area contributed by atoms with Gasteiger partial charge in [-0.1, -0.05) is 42.3 Å². The number of nitrogens with one attached hydrogen (secondary N) is 3. The van der Waals surface area contributed by atoms with Gasteiger partial charge in [-0.15, -0.1) is 5.10 Å². The molecular weight excluding hydrogens is 596 g/mol. The Morgan fingerprint density at radius 3 is 2.70 bits per heavy atom. The Bertz CT molecular complexity index is 1760. The number of pyridine rings is 1. The van der Waals surface area contributed by atoms with Crippen LogP contribution in [0.4, 0.5) is 25.0 Å².